The highest BCUT2D eigenvalue weighted by Gasteiger charge is 2.07. The number of nitro groups is 2. The summed E-state index contributed by atoms with van der Waals surface area (Å²) >= 11 is 3.30. The number of hydrogen-bond acceptors (Lipinski definition) is 5. The molecule has 0 aliphatic rings. The van der Waals surface area contributed by atoms with Crippen LogP contribution in [0, 0.1) is 20.2 Å². The van der Waals surface area contributed by atoms with Crippen LogP contribution in [-0.2, 0) is 6.61 Å². The third-order valence-electron chi connectivity index (χ3n) is 2.89. The van der Waals surface area contributed by atoms with Gasteiger partial charge in [-0.25, -0.2) is 0 Å². The van der Waals surface area contributed by atoms with Gasteiger partial charge in [0.15, 0.2) is 0 Å². The van der Waals surface area contributed by atoms with E-state index in [9.17, 15) is 20.2 Å². The zero-order valence-electron chi connectivity index (χ0n) is 11.7. The molecular weight excluding hydrogens is 368 g/mol. The van der Waals surface area contributed by atoms with Crippen LogP contribution in [-0.4, -0.2) is 9.85 Å². The van der Waals surface area contributed by atoms with Gasteiger partial charge in [-0.2, -0.15) is 0 Å². The van der Waals surface area contributed by atoms with Crippen LogP contribution in [0.5, 0.6) is 5.75 Å². The van der Waals surface area contributed by atoms with Crippen molar-refractivity contribution in [3.63, 3.8) is 0 Å². The number of ether oxygens (including phenoxy) is 1. The van der Waals surface area contributed by atoms with Crippen LogP contribution in [0.4, 0.5) is 5.69 Å². The predicted molar refractivity (Wildman–Crippen MR) is 87.6 cm³/mol. The van der Waals surface area contributed by atoms with Crippen molar-refractivity contribution in [1.82, 2.24) is 0 Å². The van der Waals surface area contributed by atoms with Gasteiger partial charge < -0.3 is 4.74 Å². The molecule has 0 amide bonds. The summed E-state index contributed by atoms with van der Waals surface area (Å²) in [5.41, 5.74) is 1.31. The standard InChI is InChI=1S/C15H11BrN2O5/c16-13-3-6-15(12(9-13)7-8-17(19)20)23-10-11-1-4-14(5-2-11)18(21)22/h1-9H,10H2/b8-7+. The molecule has 0 radical (unpaired) electrons. The van der Waals surface area contributed by atoms with Gasteiger partial charge in [-0.1, -0.05) is 15.9 Å². The molecule has 0 bridgehead atoms. The van der Waals surface area contributed by atoms with Gasteiger partial charge >= 0.3 is 0 Å². The van der Waals surface area contributed by atoms with Crippen molar-refractivity contribution >= 4 is 27.7 Å². The molecule has 0 heterocycles. The second kappa shape index (κ2) is 7.50. The lowest BCUT2D eigenvalue weighted by Gasteiger charge is -2.09. The molecule has 7 nitrogen and oxygen atoms in total. The summed E-state index contributed by atoms with van der Waals surface area (Å²) in [4.78, 5) is 20.0. The van der Waals surface area contributed by atoms with Crippen LogP contribution in [0.2, 0.25) is 0 Å². The molecular formula is C15H11BrN2O5. The second-order valence-corrected chi connectivity index (χ2v) is 5.41. The van der Waals surface area contributed by atoms with Crippen molar-refractivity contribution in [2.45, 2.75) is 6.61 Å². The first-order valence-electron chi connectivity index (χ1n) is 6.43. The van der Waals surface area contributed by atoms with Gasteiger partial charge in [-0.05, 0) is 35.9 Å². The molecule has 0 saturated carbocycles. The number of rotatable bonds is 6. The SMILES string of the molecule is O=[N+]([O-])/C=C/c1cc(Br)ccc1OCc1ccc([N+](=O)[O-])cc1. The first-order valence-corrected chi connectivity index (χ1v) is 7.22. The number of benzene rings is 2. The summed E-state index contributed by atoms with van der Waals surface area (Å²) in [6, 6.07) is 11.1. The summed E-state index contributed by atoms with van der Waals surface area (Å²) in [6.45, 7) is 0.193. The highest BCUT2D eigenvalue weighted by atomic mass is 79.9. The monoisotopic (exact) mass is 378 g/mol. The number of non-ortho nitro benzene ring substituents is 1. The van der Waals surface area contributed by atoms with Crippen LogP contribution in [0.15, 0.2) is 53.1 Å². The molecule has 2 aromatic carbocycles. The molecule has 0 aliphatic heterocycles. The normalized spacial score (nSPS) is 10.7. The van der Waals surface area contributed by atoms with Gasteiger partial charge in [0.1, 0.15) is 12.4 Å². The van der Waals surface area contributed by atoms with Gasteiger partial charge in [0.05, 0.1) is 9.85 Å². The first kappa shape index (κ1) is 16.6. The van der Waals surface area contributed by atoms with Crippen LogP contribution in [0.1, 0.15) is 11.1 Å². The van der Waals surface area contributed by atoms with E-state index >= 15 is 0 Å². The molecule has 0 spiro atoms. The van der Waals surface area contributed by atoms with Crippen LogP contribution < -0.4 is 4.74 Å². The Labute approximate surface area is 139 Å². The number of halogens is 1. The molecule has 8 heteroatoms. The van der Waals surface area contributed by atoms with Crippen molar-refractivity contribution in [3.05, 3.63) is 84.5 Å². The maximum Gasteiger partial charge on any atom is 0.269 e. The number of nitro benzene ring substituents is 1. The van der Waals surface area contributed by atoms with E-state index in [1.165, 1.54) is 18.2 Å². The fraction of sp³-hybridized carbons (Fsp3) is 0.0667. The molecule has 0 saturated heterocycles. The quantitative estimate of drug-likeness (QED) is 0.554. The summed E-state index contributed by atoms with van der Waals surface area (Å²) in [6.07, 6.45) is 2.18. The molecule has 0 N–H and O–H groups in total. The van der Waals surface area contributed by atoms with E-state index in [-0.39, 0.29) is 12.3 Å². The Hall–Kier alpha value is -2.74. The topological polar surface area (TPSA) is 95.5 Å². The van der Waals surface area contributed by atoms with Crippen LogP contribution in [0.3, 0.4) is 0 Å². The Kier molecular flexibility index (Phi) is 5.42. The van der Waals surface area contributed by atoms with Crippen molar-refractivity contribution in [2.75, 3.05) is 0 Å². The minimum absolute atomic E-state index is 0.00648. The summed E-state index contributed by atoms with van der Waals surface area (Å²) < 4.78 is 6.41. The fourth-order valence-electron chi connectivity index (χ4n) is 1.80. The average molecular weight is 379 g/mol. The highest BCUT2D eigenvalue weighted by molar-refractivity contribution is 9.10. The number of hydrogen-bond donors (Lipinski definition) is 0. The zero-order valence-corrected chi connectivity index (χ0v) is 13.3. The van der Waals surface area contributed by atoms with Gasteiger partial charge in [0.25, 0.3) is 5.69 Å². The Morgan fingerprint density at radius 1 is 1.09 bits per heavy atom. The molecule has 0 aromatic heterocycles. The lowest BCUT2D eigenvalue weighted by Crippen LogP contribution is -1.98. The van der Waals surface area contributed by atoms with Crippen molar-refractivity contribution in [3.8, 4) is 5.75 Å². The summed E-state index contributed by atoms with van der Waals surface area (Å²) in [7, 11) is 0. The lowest BCUT2D eigenvalue weighted by molar-refractivity contribution is -0.400. The second-order valence-electron chi connectivity index (χ2n) is 4.50. The molecule has 0 fully saturated rings. The molecule has 0 unspecified atom stereocenters. The lowest BCUT2D eigenvalue weighted by atomic mass is 10.2. The Morgan fingerprint density at radius 2 is 1.78 bits per heavy atom. The highest BCUT2D eigenvalue weighted by Crippen LogP contribution is 2.25. The van der Waals surface area contributed by atoms with Crippen LogP contribution in [0.25, 0.3) is 6.08 Å². The van der Waals surface area contributed by atoms with E-state index in [4.69, 9.17) is 4.74 Å². The smallest absolute Gasteiger partial charge is 0.269 e. The zero-order chi connectivity index (χ0) is 16.8. The van der Waals surface area contributed by atoms with Crippen molar-refractivity contribution in [1.29, 1.82) is 0 Å². The Morgan fingerprint density at radius 3 is 2.39 bits per heavy atom. The van der Waals surface area contributed by atoms with E-state index in [0.717, 1.165) is 16.2 Å². The van der Waals surface area contributed by atoms with Gasteiger partial charge in [-0.3, -0.25) is 20.2 Å². The van der Waals surface area contributed by atoms with Gasteiger partial charge in [-0.15, -0.1) is 0 Å². The average Bonchev–Trinajstić information content (AvgIpc) is 2.52. The summed E-state index contributed by atoms with van der Waals surface area (Å²) in [5.74, 6) is 0.477. The summed E-state index contributed by atoms with van der Waals surface area (Å²) in [5, 5.41) is 21.0. The van der Waals surface area contributed by atoms with Crippen molar-refractivity contribution in [2.24, 2.45) is 0 Å². The molecule has 23 heavy (non-hydrogen) atoms. The number of nitrogens with zero attached hydrogens (tertiary/aromatic N) is 2. The fourth-order valence-corrected chi connectivity index (χ4v) is 2.18. The van der Waals surface area contributed by atoms with E-state index in [1.54, 1.807) is 30.3 Å². The molecule has 0 aliphatic carbocycles. The largest absolute Gasteiger partial charge is 0.488 e. The minimum Gasteiger partial charge on any atom is -0.488 e. The third-order valence-corrected chi connectivity index (χ3v) is 3.38. The van der Waals surface area contributed by atoms with E-state index in [1.807, 2.05) is 0 Å². The van der Waals surface area contributed by atoms with Gasteiger partial charge in [0.2, 0.25) is 6.20 Å². The predicted octanol–water partition coefficient (Wildman–Crippen LogP) is 4.18. The molecule has 2 rings (SSSR count). The van der Waals surface area contributed by atoms with Crippen molar-refractivity contribution < 1.29 is 14.6 Å². The first-order chi connectivity index (χ1) is 11.0. The maximum absolute atomic E-state index is 10.6. The molecule has 2 aromatic rings. The molecule has 0 atom stereocenters. The van der Waals surface area contributed by atoms with Gasteiger partial charge in [0, 0.05) is 28.2 Å². The van der Waals surface area contributed by atoms with E-state index < -0.39 is 9.85 Å². The van der Waals surface area contributed by atoms with E-state index in [2.05, 4.69) is 15.9 Å². The Balaban J connectivity index is 2.13. The molecule has 118 valence electrons. The minimum atomic E-state index is -0.555. The maximum atomic E-state index is 10.6. The van der Waals surface area contributed by atoms with Crippen LogP contribution >= 0.6 is 15.9 Å². The third kappa shape index (κ3) is 4.89. The Bertz CT molecular complexity index is 759. The van der Waals surface area contributed by atoms with E-state index in [0.29, 0.717) is 11.3 Å².